The number of hydrogen-bond donors (Lipinski definition) is 0. The summed E-state index contributed by atoms with van der Waals surface area (Å²) in [6, 6.07) is 0. The van der Waals surface area contributed by atoms with Gasteiger partial charge in [0.15, 0.2) is 12.1 Å². The molecule has 0 aromatic carbocycles. The van der Waals surface area contributed by atoms with Gasteiger partial charge in [-0.05, 0) is 27.7 Å². The molecule has 0 N–H and O–H groups in total. The normalized spacial score (nSPS) is 24.6. The third-order valence-electron chi connectivity index (χ3n) is 3.25. The molecular formula is C9H17N2O3. The first-order chi connectivity index (χ1) is 6.26. The Morgan fingerprint density at radius 3 is 2.21 bits per heavy atom. The van der Waals surface area contributed by atoms with E-state index in [9.17, 15) is 10.4 Å². The monoisotopic (exact) mass is 201 g/mol. The number of ether oxygens (including phenoxy) is 1. The van der Waals surface area contributed by atoms with Crippen molar-refractivity contribution in [1.29, 1.82) is 0 Å². The Kier molecular flexibility index (Phi) is 2.49. The van der Waals surface area contributed by atoms with Gasteiger partial charge in [0.05, 0.1) is 0 Å². The molecule has 5 heteroatoms. The summed E-state index contributed by atoms with van der Waals surface area (Å²) >= 11 is 0. The molecule has 0 saturated heterocycles. The molecule has 1 heterocycles. The Morgan fingerprint density at radius 1 is 1.43 bits per heavy atom. The first-order valence-corrected chi connectivity index (χ1v) is 4.56. The summed E-state index contributed by atoms with van der Waals surface area (Å²) in [5.74, 6) is 0.141. The highest BCUT2D eigenvalue weighted by atomic mass is 16.6. The molecule has 0 saturated carbocycles. The Bertz CT molecular complexity index is 271. The van der Waals surface area contributed by atoms with Crippen molar-refractivity contribution in [2.75, 3.05) is 13.7 Å². The second kappa shape index (κ2) is 3.10. The van der Waals surface area contributed by atoms with Crippen molar-refractivity contribution in [1.82, 2.24) is 5.06 Å². The summed E-state index contributed by atoms with van der Waals surface area (Å²) in [7, 11) is 1.47. The highest BCUT2D eigenvalue weighted by molar-refractivity contribution is 5.80. The average molecular weight is 201 g/mol. The minimum absolute atomic E-state index is 0.0554. The molecule has 0 aromatic heterocycles. The van der Waals surface area contributed by atoms with Crippen molar-refractivity contribution in [3.8, 4) is 0 Å². The van der Waals surface area contributed by atoms with Crippen molar-refractivity contribution in [2.45, 2.75) is 38.8 Å². The Balaban J connectivity index is 3.13. The SMILES string of the molecule is COCC1=[N+]([O-])C(C)(C)C(C)(C)N1[O]. The van der Waals surface area contributed by atoms with Gasteiger partial charge in [-0.15, -0.1) is 0 Å². The van der Waals surface area contributed by atoms with Gasteiger partial charge >= 0.3 is 5.84 Å². The minimum atomic E-state index is -0.734. The van der Waals surface area contributed by atoms with Crippen molar-refractivity contribution >= 4 is 5.84 Å². The Hall–Kier alpha value is -0.810. The van der Waals surface area contributed by atoms with Crippen LogP contribution in [0.4, 0.5) is 0 Å². The van der Waals surface area contributed by atoms with E-state index >= 15 is 0 Å². The van der Waals surface area contributed by atoms with Crippen molar-refractivity contribution in [3.05, 3.63) is 5.21 Å². The molecule has 1 rings (SSSR count). The summed E-state index contributed by atoms with van der Waals surface area (Å²) in [5.41, 5.74) is -1.47. The number of hydrogen-bond acceptors (Lipinski definition) is 3. The van der Waals surface area contributed by atoms with Gasteiger partial charge in [-0.25, -0.2) is 0 Å². The van der Waals surface area contributed by atoms with Crippen LogP contribution in [0.3, 0.4) is 0 Å². The second-order valence-electron chi connectivity index (χ2n) is 4.56. The summed E-state index contributed by atoms with van der Waals surface area (Å²) in [5, 5.41) is 24.4. The highest BCUT2D eigenvalue weighted by Gasteiger charge is 2.59. The predicted molar refractivity (Wildman–Crippen MR) is 51.2 cm³/mol. The second-order valence-corrected chi connectivity index (χ2v) is 4.56. The van der Waals surface area contributed by atoms with Crippen LogP contribution in [0.1, 0.15) is 27.7 Å². The number of amidine groups is 1. The lowest BCUT2D eigenvalue weighted by Gasteiger charge is -2.32. The third-order valence-corrected chi connectivity index (χ3v) is 3.25. The third kappa shape index (κ3) is 1.19. The van der Waals surface area contributed by atoms with E-state index in [0.29, 0.717) is 0 Å². The molecule has 0 aliphatic carbocycles. The van der Waals surface area contributed by atoms with E-state index in [4.69, 9.17) is 4.74 Å². The fourth-order valence-electron chi connectivity index (χ4n) is 1.47. The Morgan fingerprint density at radius 2 is 1.93 bits per heavy atom. The van der Waals surface area contributed by atoms with Crippen LogP contribution in [-0.4, -0.2) is 40.4 Å². The van der Waals surface area contributed by atoms with Crippen molar-refractivity contribution in [2.24, 2.45) is 0 Å². The maximum absolute atomic E-state index is 11.8. The fraction of sp³-hybridized carbons (Fsp3) is 0.889. The van der Waals surface area contributed by atoms with Gasteiger partial charge < -0.3 is 9.94 Å². The van der Waals surface area contributed by atoms with Gasteiger partial charge in [0, 0.05) is 12.3 Å². The number of methoxy groups -OCH3 is 1. The quantitative estimate of drug-likeness (QED) is 0.489. The molecule has 0 atom stereocenters. The van der Waals surface area contributed by atoms with Crippen LogP contribution >= 0.6 is 0 Å². The smallest absolute Gasteiger partial charge is 0.310 e. The highest BCUT2D eigenvalue weighted by Crippen LogP contribution is 2.35. The molecule has 1 radical (unpaired) electrons. The van der Waals surface area contributed by atoms with Crippen LogP contribution < -0.4 is 0 Å². The van der Waals surface area contributed by atoms with Crippen LogP contribution in [0.5, 0.6) is 0 Å². The molecular weight excluding hydrogens is 184 g/mol. The molecule has 1 aliphatic rings. The lowest BCUT2D eigenvalue weighted by molar-refractivity contribution is -0.541. The summed E-state index contributed by atoms with van der Waals surface area (Å²) in [6.07, 6.45) is 0. The van der Waals surface area contributed by atoms with E-state index in [2.05, 4.69) is 0 Å². The molecule has 5 nitrogen and oxygen atoms in total. The van der Waals surface area contributed by atoms with Crippen LogP contribution in [-0.2, 0) is 9.94 Å². The first kappa shape index (κ1) is 11.3. The minimum Gasteiger partial charge on any atom is -0.715 e. The fourth-order valence-corrected chi connectivity index (χ4v) is 1.47. The lowest BCUT2D eigenvalue weighted by atomic mass is 9.84. The van der Waals surface area contributed by atoms with Gasteiger partial charge in [-0.1, -0.05) is 5.06 Å². The zero-order valence-corrected chi connectivity index (χ0v) is 9.33. The maximum Gasteiger partial charge on any atom is 0.310 e. The zero-order valence-electron chi connectivity index (χ0n) is 9.33. The number of hydroxylamine groups is 3. The summed E-state index contributed by atoms with van der Waals surface area (Å²) in [4.78, 5) is 0. The van der Waals surface area contributed by atoms with E-state index < -0.39 is 11.1 Å². The molecule has 0 fully saturated rings. The van der Waals surface area contributed by atoms with Gasteiger partial charge in [-0.2, -0.15) is 0 Å². The number of rotatable bonds is 2. The average Bonchev–Trinajstić information content (AvgIpc) is 2.19. The first-order valence-electron chi connectivity index (χ1n) is 4.56. The standard InChI is InChI=1S/C9H17N2O3/c1-8(2)9(3,4)11(13)7(6-14-5)10(8)12/h6H2,1-5H3. The topological polar surface area (TPSA) is 58.4 Å². The van der Waals surface area contributed by atoms with E-state index in [1.54, 1.807) is 27.7 Å². The predicted octanol–water partition coefficient (Wildman–Crippen LogP) is 0.760. The van der Waals surface area contributed by atoms with Gasteiger partial charge in [0.2, 0.25) is 0 Å². The van der Waals surface area contributed by atoms with Crippen LogP contribution in [0.25, 0.3) is 0 Å². The maximum atomic E-state index is 11.8. The molecule has 0 bridgehead atoms. The van der Waals surface area contributed by atoms with Gasteiger partial charge in [-0.3, -0.25) is 4.74 Å². The summed E-state index contributed by atoms with van der Waals surface area (Å²) < 4.78 is 5.59. The molecule has 14 heavy (non-hydrogen) atoms. The number of nitrogens with zero attached hydrogens (tertiary/aromatic N) is 2. The van der Waals surface area contributed by atoms with Crippen LogP contribution in [0, 0.1) is 5.21 Å². The van der Waals surface area contributed by atoms with E-state index in [0.717, 1.165) is 9.80 Å². The van der Waals surface area contributed by atoms with Crippen LogP contribution in [0.2, 0.25) is 0 Å². The lowest BCUT2D eigenvalue weighted by Crippen LogP contribution is -2.53. The largest absolute Gasteiger partial charge is 0.715 e. The van der Waals surface area contributed by atoms with Crippen molar-refractivity contribution in [3.63, 3.8) is 0 Å². The molecule has 0 unspecified atom stereocenters. The van der Waals surface area contributed by atoms with Gasteiger partial charge in [0.25, 0.3) is 0 Å². The Labute approximate surface area is 84.1 Å². The van der Waals surface area contributed by atoms with Gasteiger partial charge in [0.1, 0.15) is 5.54 Å². The molecule has 81 valence electrons. The molecule has 0 amide bonds. The summed E-state index contributed by atoms with van der Waals surface area (Å²) in [6.45, 7) is 7.09. The van der Waals surface area contributed by atoms with E-state index in [1.165, 1.54) is 7.11 Å². The molecule has 1 aliphatic heterocycles. The van der Waals surface area contributed by atoms with Crippen molar-refractivity contribution < 1.29 is 14.7 Å². The molecule has 0 aromatic rings. The van der Waals surface area contributed by atoms with Crippen LogP contribution in [0.15, 0.2) is 0 Å². The molecule has 0 spiro atoms. The zero-order chi connectivity index (χ0) is 11.1. The van der Waals surface area contributed by atoms with E-state index in [1.807, 2.05) is 0 Å². The van der Waals surface area contributed by atoms with E-state index in [-0.39, 0.29) is 12.4 Å².